The highest BCUT2D eigenvalue weighted by Crippen LogP contribution is 2.31. The lowest BCUT2D eigenvalue weighted by atomic mass is 10.2. The zero-order valence-electron chi connectivity index (χ0n) is 19.8. The quantitative estimate of drug-likeness (QED) is 0.269. The molecule has 0 unspecified atom stereocenters. The van der Waals surface area contributed by atoms with Crippen LogP contribution in [0.4, 0.5) is 15.8 Å². The highest BCUT2D eigenvalue weighted by molar-refractivity contribution is 7.92. The predicted octanol–water partition coefficient (Wildman–Crippen LogP) is 6.24. The first-order valence-electron chi connectivity index (χ1n) is 11.4. The Morgan fingerprint density at radius 3 is 2.38 bits per heavy atom. The third kappa shape index (κ3) is 5.23. The maximum atomic E-state index is 14.6. The van der Waals surface area contributed by atoms with Crippen molar-refractivity contribution in [2.75, 3.05) is 16.2 Å². The van der Waals surface area contributed by atoms with Gasteiger partial charge in [0.1, 0.15) is 17.4 Å². The number of anilines is 2. The molecule has 0 saturated carbocycles. The fourth-order valence-corrected chi connectivity index (χ4v) is 6.37. The number of amides is 1. The zero-order chi connectivity index (χ0) is 26.0. The molecule has 5 rings (SSSR count). The van der Waals surface area contributed by atoms with Crippen LogP contribution in [0.1, 0.15) is 5.56 Å². The minimum absolute atomic E-state index is 0.0403. The van der Waals surface area contributed by atoms with Gasteiger partial charge in [0.15, 0.2) is 0 Å². The summed E-state index contributed by atoms with van der Waals surface area (Å²) in [5.74, 6) is -1.35. The van der Waals surface area contributed by atoms with E-state index in [2.05, 4.69) is 16.4 Å². The normalized spacial score (nSPS) is 11.4. The van der Waals surface area contributed by atoms with Gasteiger partial charge in [-0.3, -0.25) is 9.10 Å². The number of nitrogens with one attached hydrogen (secondary N) is 1. The van der Waals surface area contributed by atoms with Crippen molar-refractivity contribution in [3.8, 4) is 10.6 Å². The third-order valence-electron chi connectivity index (χ3n) is 5.70. The fourth-order valence-electron chi connectivity index (χ4n) is 3.86. The van der Waals surface area contributed by atoms with Crippen molar-refractivity contribution >= 4 is 48.9 Å². The molecule has 186 valence electrons. The van der Waals surface area contributed by atoms with Crippen molar-refractivity contribution < 1.29 is 17.6 Å². The maximum Gasteiger partial charge on any atom is 0.264 e. The van der Waals surface area contributed by atoms with Gasteiger partial charge in [-0.2, -0.15) is 0 Å². The molecule has 37 heavy (non-hydrogen) atoms. The van der Waals surface area contributed by atoms with E-state index in [1.165, 1.54) is 35.9 Å². The molecule has 1 amide bonds. The average Bonchev–Trinajstić information content (AvgIpc) is 3.32. The summed E-state index contributed by atoms with van der Waals surface area (Å²) in [6.45, 7) is 1.44. The molecule has 9 heteroatoms. The monoisotopic (exact) mass is 531 g/mol. The first kappa shape index (κ1) is 24.6. The van der Waals surface area contributed by atoms with Gasteiger partial charge in [0, 0.05) is 11.3 Å². The molecular formula is C28H22FN3O3S2. The first-order chi connectivity index (χ1) is 17.8. The van der Waals surface area contributed by atoms with Crippen molar-refractivity contribution in [3.63, 3.8) is 0 Å². The summed E-state index contributed by atoms with van der Waals surface area (Å²) >= 11 is 1.58. The number of aryl methyl sites for hydroxylation is 1. The summed E-state index contributed by atoms with van der Waals surface area (Å²) in [4.78, 5) is 17.6. The van der Waals surface area contributed by atoms with E-state index in [0.29, 0.717) is 5.69 Å². The first-order valence-corrected chi connectivity index (χ1v) is 13.7. The number of halogens is 1. The molecule has 0 spiro atoms. The molecule has 1 heterocycles. The van der Waals surface area contributed by atoms with Gasteiger partial charge in [-0.15, -0.1) is 11.3 Å². The lowest BCUT2D eigenvalue weighted by Crippen LogP contribution is -2.38. The smallest absolute Gasteiger partial charge is 0.264 e. The van der Waals surface area contributed by atoms with Gasteiger partial charge in [-0.25, -0.2) is 17.8 Å². The number of para-hydroxylation sites is 1. The maximum absolute atomic E-state index is 14.6. The van der Waals surface area contributed by atoms with Crippen LogP contribution in [0.3, 0.4) is 0 Å². The molecular weight excluding hydrogens is 509 g/mol. The Morgan fingerprint density at radius 1 is 0.946 bits per heavy atom. The van der Waals surface area contributed by atoms with Gasteiger partial charge in [0.2, 0.25) is 5.91 Å². The van der Waals surface area contributed by atoms with Crippen LogP contribution in [0.25, 0.3) is 20.8 Å². The van der Waals surface area contributed by atoms with Crippen LogP contribution in [-0.4, -0.2) is 25.9 Å². The number of aromatic nitrogens is 1. The van der Waals surface area contributed by atoms with Crippen molar-refractivity contribution in [2.24, 2.45) is 0 Å². The molecule has 6 nitrogen and oxygen atoms in total. The van der Waals surface area contributed by atoms with E-state index in [4.69, 9.17) is 0 Å². The number of carbonyl (C=O) groups excluding carboxylic acids is 1. The molecule has 0 fully saturated rings. The molecule has 0 bridgehead atoms. The number of nitrogens with zero attached hydrogens (tertiary/aromatic N) is 2. The van der Waals surface area contributed by atoms with Gasteiger partial charge < -0.3 is 5.32 Å². The molecule has 0 radical (unpaired) electrons. The molecule has 0 aliphatic heterocycles. The molecule has 4 aromatic carbocycles. The zero-order valence-corrected chi connectivity index (χ0v) is 21.4. The van der Waals surface area contributed by atoms with Crippen LogP contribution in [0.15, 0.2) is 102 Å². The van der Waals surface area contributed by atoms with E-state index in [1.807, 2.05) is 31.2 Å². The summed E-state index contributed by atoms with van der Waals surface area (Å²) in [5, 5.41) is 3.57. The second kappa shape index (κ2) is 10.1. The van der Waals surface area contributed by atoms with E-state index in [-0.39, 0.29) is 10.6 Å². The molecule has 0 saturated heterocycles. The largest absolute Gasteiger partial charge is 0.325 e. The number of thiazole rings is 1. The van der Waals surface area contributed by atoms with Crippen LogP contribution in [0.2, 0.25) is 0 Å². The highest BCUT2D eigenvalue weighted by Gasteiger charge is 2.29. The van der Waals surface area contributed by atoms with E-state index in [9.17, 15) is 17.6 Å². The van der Waals surface area contributed by atoms with Gasteiger partial charge in [-0.05, 0) is 73.2 Å². The summed E-state index contributed by atoms with van der Waals surface area (Å²) in [7, 11) is -4.20. The lowest BCUT2D eigenvalue weighted by molar-refractivity contribution is -0.114. The Labute approximate surface area is 218 Å². The Hall–Kier alpha value is -4.08. The van der Waals surface area contributed by atoms with Crippen molar-refractivity contribution in [2.45, 2.75) is 11.8 Å². The summed E-state index contributed by atoms with van der Waals surface area (Å²) < 4.78 is 43.2. The summed E-state index contributed by atoms with van der Waals surface area (Å²) in [6, 6.07) is 26.3. The number of carbonyl (C=O) groups is 1. The van der Waals surface area contributed by atoms with Crippen molar-refractivity contribution in [1.29, 1.82) is 0 Å². The van der Waals surface area contributed by atoms with Crippen LogP contribution in [0.5, 0.6) is 0 Å². The van der Waals surface area contributed by atoms with E-state index in [0.717, 1.165) is 31.2 Å². The molecule has 0 atom stereocenters. The van der Waals surface area contributed by atoms with Gasteiger partial charge in [0.25, 0.3) is 10.0 Å². The van der Waals surface area contributed by atoms with Gasteiger partial charge in [0.05, 0.1) is 20.8 Å². The minimum Gasteiger partial charge on any atom is -0.325 e. The number of hydrogen-bond donors (Lipinski definition) is 1. The third-order valence-corrected chi connectivity index (χ3v) is 8.54. The second-order valence-corrected chi connectivity index (χ2v) is 11.3. The van der Waals surface area contributed by atoms with Crippen LogP contribution in [-0.2, 0) is 14.8 Å². The number of benzene rings is 4. The average molecular weight is 532 g/mol. The fraction of sp³-hybridized carbons (Fsp3) is 0.0714. The topological polar surface area (TPSA) is 79.4 Å². The Kier molecular flexibility index (Phi) is 6.73. The van der Waals surface area contributed by atoms with Gasteiger partial charge in [-0.1, -0.05) is 36.4 Å². The second-order valence-electron chi connectivity index (χ2n) is 8.39. The van der Waals surface area contributed by atoms with E-state index < -0.39 is 28.3 Å². The van der Waals surface area contributed by atoms with Crippen molar-refractivity contribution in [1.82, 2.24) is 4.98 Å². The number of rotatable bonds is 7. The summed E-state index contributed by atoms with van der Waals surface area (Å²) in [5.41, 5.74) is 3.27. The minimum atomic E-state index is -4.20. The molecule has 0 aliphatic carbocycles. The van der Waals surface area contributed by atoms with Crippen molar-refractivity contribution in [3.05, 3.63) is 108 Å². The highest BCUT2D eigenvalue weighted by atomic mass is 32.2. The SMILES string of the molecule is Cc1ccc2nc(-c3ccc(NC(=O)CN(c4ccccc4F)S(=O)(=O)c4ccccc4)cc3)sc2c1. The van der Waals surface area contributed by atoms with Gasteiger partial charge >= 0.3 is 0 Å². The van der Waals surface area contributed by atoms with E-state index >= 15 is 0 Å². The number of sulfonamides is 1. The number of hydrogen-bond acceptors (Lipinski definition) is 5. The Balaban J connectivity index is 1.37. The van der Waals surface area contributed by atoms with Crippen LogP contribution >= 0.6 is 11.3 Å². The molecule has 5 aromatic rings. The number of fused-ring (bicyclic) bond motifs is 1. The predicted molar refractivity (Wildman–Crippen MR) is 146 cm³/mol. The molecule has 0 aliphatic rings. The van der Waals surface area contributed by atoms with Crippen LogP contribution < -0.4 is 9.62 Å². The Morgan fingerprint density at radius 2 is 1.65 bits per heavy atom. The van der Waals surface area contributed by atoms with E-state index in [1.54, 1.807) is 41.7 Å². The summed E-state index contributed by atoms with van der Waals surface area (Å²) in [6.07, 6.45) is 0. The van der Waals surface area contributed by atoms with Crippen LogP contribution in [0, 0.1) is 12.7 Å². The molecule has 1 aromatic heterocycles. The standard InChI is InChI=1S/C28H22FN3O3S2/c1-19-11-16-24-26(17-19)36-28(31-24)20-12-14-21(15-13-20)30-27(33)18-32(25-10-6-5-9-23(25)29)37(34,35)22-7-3-2-4-8-22/h2-17H,18H2,1H3,(H,30,33). The lowest BCUT2D eigenvalue weighted by Gasteiger charge is -2.24. The Bertz CT molecular complexity index is 1690. The molecule has 1 N–H and O–H groups in total.